The molecule has 1 fully saturated rings. The van der Waals surface area contributed by atoms with Crippen molar-refractivity contribution in [1.29, 1.82) is 0 Å². The fraction of sp³-hybridized carbons (Fsp3) is 0.650. The van der Waals surface area contributed by atoms with Crippen molar-refractivity contribution in [2.45, 2.75) is 66.0 Å². The molecule has 148 valence electrons. The number of rotatable bonds is 6. The maximum Gasteiger partial charge on any atom is 0.269 e. The van der Waals surface area contributed by atoms with Gasteiger partial charge >= 0.3 is 0 Å². The van der Waals surface area contributed by atoms with Crippen molar-refractivity contribution in [3.8, 4) is 11.3 Å². The zero-order chi connectivity index (χ0) is 19.4. The summed E-state index contributed by atoms with van der Waals surface area (Å²) in [6, 6.07) is 1.93. The van der Waals surface area contributed by atoms with E-state index in [1.165, 1.54) is 25.7 Å². The van der Waals surface area contributed by atoms with Crippen LogP contribution in [-0.2, 0) is 6.54 Å². The SMILES string of the molecule is CCn1nc(C)c(-c2cc(C(=O)NC(C)CN3CCCCCC3)[nH]n2)c1C. The zero-order valence-corrected chi connectivity index (χ0v) is 17.0. The predicted molar refractivity (Wildman–Crippen MR) is 107 cm³/mol. The molecule has 27 heavy (non-hydrogen) atoms. The van der Waals surface area contributed by atoms with Gasteiger partial charge < -0.3 is 10.2 Å². The van der Waals surface area contributed by atoms with Crippen LogP contribution in [-0.4, -0.2) is 56.5 Å². The topological polar surface area (TPSA) is 78.8 Å². The van der Waals surface area contributed by atoms with Crippen LogP contribution in [0.4, 0.5) is 0 Å². The van der Waals surface area contributed by atoms with E-state index >= 15 is 0 Å². The van der Waals surface area contributed by atoms with Gasteiger partial charge in [-0.2, -0.15) is 10.2 Å². The van der Waals surface area contributed by atoms with Gasteiger partial charge in [-0.05, 0) is 59.7 Å². The summed E-state index contributed by atoms with van der Waals surface area (Å²) in [6.07, 6.45) is 5.16. The standard InChI is InChI=1S/C20H32N6O/c1-5-26-16(4)19(15(3)24-26)17-12-18(23-22-17)20(27)21-14(2)13-25-10-8-6-7-9-11-25/h12,14H,5-11,13H2,1-4H3,(H,21,27)(H,22,23). The van der Waals surface area contributed by atoms with Gasteiger partial charge in [-0.25, -0.2) is 0 Å². The number of nitrogens with zero attached hydrogens (tertiary/aromatic N) is 4. The van der Waals surface area contributed by atoms with E-state index in [1.807, 2.05) is 24.6 Å². The zero-order valence-electron chi connectivity index (χ0n) is 17.0. The summed E-state index contributed by atoms with van der Waals surface area (Å²) in [5.74, 6) is -0.103. The van der Waals surface area contributed by atoms with E-state index in [1.54, 1.807) is 0 Å². The Morgan fingerprint density at radius 1 is 1.26 bits per heavy atom. The first-order valence-corrected chi connectivity index (χ1v) is 10.1. The monoisotopic (exact) mass is 372 g/mol. The average Bonchev–Trinajstić information content (AvgIpc) is 3.11. The molecule has 0 aromatic carbocycles. The first-order valence-electron chi connectivity index (χ1n) is 10.1. The van der Waals surface area contributed by atoms with Gasteiger partial charge in [0, 0.05) is 30.4 Å². The lowest BCUT2D eigenvalue weighted by molar-refractivity contribution is 0.0924. The fourth-order valence-electron chi connectivity index (χ4n) is 3.99. The van der Waals surface area contributed by atoms with Gasteiger partial charge in [0.25, 0.3) is 5.91 Å². The van der Waals surface area contributed by atoms with Crippen molar-refractivity contribution >= 4 is 5.91 Å². The van der Waals surface area contributed by atoms with E-state index in [0.29, 0.717) is 5.69 Å². The quantitative estimate of drug-likeness (QED) is 0.817. The van der Waals surface area contributed by atoms with Crippen LogP contribution in [0.5, 0.6) is 0 Å². The molecular weight excluding hydrogens is 340 g/mol. The summed E-state index contributed by atoms with van der Waals surface area (Å²) in [6.45, 7) is 12.1. The third kappa shape index (κ3) is 4.58. The van der Waals surface area contributed by atoms with Crippen LogP contribution < -0.4 is 5.32 Å². The van der Waals surface area contributed by atoms with Crippen LogP contribution in [0.2, 0.25) is 0 Å². The Balaban J connectivity index is 1.64. The number of hydrogen-bond donors (Lipinski definition) is 2. The Kier molecular flexibility index (Phi) is 6.31. The molecule has 7 nitrogen and oxygen atoms in total. The molecule has 0 aliphatic carbocycles. The summed E-state index contributed by atoms with van der Waals surface area (Å²) >= 11 is 0. The summed E-state index contributed by atoms with van der Waals surface area (Å²) in [7, 11) is 0. The third-order valence-electron chi connectivity index (χ3n) is 5.37. The molecule has 1 amide bonds. The number of carbonyl (C=O) groups is 1. The lowest BCUT2D eigenvalue weighted by Crippen LogP contribution is -2.42. The van der Waals surface area contributed by atoms with Crippen molar-refractivity contribution in [1.82, 2.24) is 30.2 Å². The van der Waals surface area contributed by atoms with E-state index in [-0.39, 0.29) is 11.9 Å². The molecule has 7 heteroatoms. The highest BCUT2D eigenvalue weighted by atomic mass is 16.2. The van der Waals surface area contributed by atoms with E-state index in [4.69, 9.17) is 0 Å². The minimum atomic E-state index is -0.103. The molecule has 3 rings (SSSR count). The molecule has 2 aromatic rings. The number of aromatic nitrogens is 4. The molecule has 3 heterocycles. The van der Waals surface area contributed by atoms with Crippen molar-refractivity contribution < 1.29 is 4.79 Å². The lowest BCUT2D eigenvalue weighted by Gasteiger charge is -2.24. The van der Waals surface area contributed by atoms with Crippen LogP contribution in [0.15, 0.2) is 6.07 Å². The number of amides is 1. The Labute approximate surface area is 161 Å². The van der Waals surface area contributed by atoms with Gasteiger partial charge in [0.15, 0.2) is 0 Å². The molecule has 1 saturated heterocycles. The van der Waals surface area contributed by atoms with Gasteiger partial charge in [-0.15, -0.1) is 0 Å². The second-order valence-electron chi connectivity index (χ2n) is 7.62. The third-order valence-corrected chi connectivity index (χ3v) is 5.37. The molecule has 1 unspecified atom stereocenters. The number of aromatic amines is 1. The van der Waals surface area contributed by atoms with Gasteiger partial charge in [0.1, 0.15) is 5.69 Å². The predicted octanol–water partition coefficient (Wildman–Crippen LogP) is 2.90. The maximum absolute atomic E-state index is 12.6. The maximum atomic E-state index is 12.6. The van der Waals surface area contributed by atoms with Crippen LogP contribution in [0.25, 0.3) is 11.3 Å². The smallest absolute Gasteiger partial charge is 0.269 e. The second kappa shape index (κ2) is 8.69. The largest absolute Gasteiger partial charge is 0.347 e. The van der Waals surface area contributed by atoms with Crippen LogP contribution in [0, 0.1) is 13.8 Å². The molecule has 0 saturated carbocycles. The van der Waals surface area contributed by atoms with E-state index in [9.17, 15) is 4.79 Å². The molecule has 1 aliphatic heterocycles. The number of nitrogens with one attached hydrogen (secondary N) is 2. The van der Waals surface area contributed by atoms with Crippen LogP contribution in [0.3, 0.4) is 0 Å². The van der Waals surface area contributed by atoms with Crippen molar-refractivity contribution in [2.24, 2.45) is 0 Å². The van der Waals surface area contributed by atoms with Crippen molar-refractivity contribution in [2.75, 3.05) is 19.6 Å². The minimum absolute atomic E-state index is 0.103. The van der Waals surface area contributed by atoms with Crippen LogP contribution in [0.1, 0.15) is 61.4 Å². The molecular formula is C20H32N6O. The summed E-state index contributed by atoms with van der Waals surface area (Å²) < 4.78 is 1.96. The van der Waals surface area contributed by atoms with Crippen LogP contribution >= 0.6 is 0 Å². The first-order chi connectivity index (χ1) is 13.0. The van der Waals surface area contributed by atoms with Crippen molar-refractivity contribution in [3.63, 3.8) is 0 Å². The van der Waals surface area contributed by atoms with Crippen molar-refractivity contribution in [3.05, 3.63) is 23.1 Å². The molecule has 2 N–H and O–H groups in total. The molecule has 1 atom stereocenters. The summed E-state index contributed by atoms with van der Waals surface area (Å²) in [5.41, 5.74) is 4.28. The number of likely N-dealkylation sites (tertiary alicyclic amines) is 1. The molecule has 0 spiro atoms. The normalized spacial score (nSPS) is 16.9. The molecule has 0 radical (unpaired) electrons. The molecule has 2 aromatic heterocycles. The Bertz CT molecular complexity index is 770. The van der Waals surface area contributed by atoms with Gasteiger partial charge in [0.05, 0.1) is 11.4 Å². The highest BCUT2D eigenvalue weighted by Gasteiger charge is 2.19. The second-order valence-corrected chi connectivity index (χ2v) is 7.62. The number of hydrogen-bond acceptors (Lipinski definition) is 4. The van der Waals surface area contributed by atoms with Gasteiger partial charge in [-0.3, -0.25) is 14.6 Å². The Morgan fingerprint density at radius 2 is 1.96 bits per heavy atom. The minimum Gasteiger partial charge on any atom is -0.347 e. The fourth-order valence-corrected chi connectivity index (χ4v) is 3.99. The first kappa shape index (κ1) is 19.6. The molecule has 0 bridgehead atoms. The van der Waals surface area contributed by atoms with E-state index < -0.39 is 0 Å². The number of carbonyl (C=O) groups excluding carboxylic acids is 1. The van der Waals surface area contributed by atoms with Gasteiger partial charge in [0.2, 0.25) is 0 Å². The highest BCUT2D eigenvalue weighted by Crippen LogP contribution is 2.25. The van der Waals surface area contributed by atoms with Gasteiger partial charge in [-0.1, -0.05) is 12.8 Å². The molecule has 1 aliphatic rings. The highest BCUT2D eigenvalue weighted by molar-refractivity contribution is 5.93. The average molecular weight is 373 g/mol. The summed E-state index contributed by atoms with van der Waals surface area (Å²) in [4.78, 5) is 15.1. The van der Waals surface area contributed by atoms with E-state index in [0.717, 1.165) is 48.8 Å². The Hall–Kier alpha value is -2.15. The lowest BCUT2D eigenvalue weighted by atomic mass is 10.1. The van der Waals surface area contributed by atoms with E-state index in [2.05, 4.69) is 39.4 Å². The summed E-state index contributed by atoms with van der Waals surface area (Å²) in [5, 5.41) is 14.9. The number of H-pyrrole nitrogens is 1. The Morgan fingerprint density at radius 3 is 2.59 bits per heavy atom. The number of aryl methyl sites for hydroxylation is 2.